The Hall–Kier alpha value is -0.800. The molecule has 0 aliphatic carbocycles. The summed E-state index contributed by atoms with van der Waals surface area (Å²) in [7, 11) is 0. The van der Waals surface area contributed by atoms with E-state index in [0.29, 0.717) is 6.04 Å². The van der Waals surface area contributed by atoms with E-state index in [-0.39, 0.29) is 0 Å². The monoisotopic (exact) mass is 282 g/mol. The Kier molecular flexibility index (Phi) is 4.84. The van der Waals surface area contributed by atoms with E-state index in [1.54, 1.807) is 0 Å². The normalized spacial score (nSPS) is 19.7. The fourth-order valence-electron chi connectivity index (χ4n) is 2.28. The Morgan fingerprint density at radius 2 is 2.11 bits per heavy atom. The van der Waals surface area contributed by atoms with E-state index < -0.39 is 0 Å². The van der Waals surface area contributed by atoms with Crippen LogP contribution in [-0.2, 0) is 6.54 Å². The quantitative estimate of drug-likeness (QED) is 0.835. The molecule has 98 valence electrons. The minimum absolute atomic E-state index is 0.559. The molecule has 2 nitrogen and oxygen atoms in total. The summed E-state index contributed by atoms with van der Waals surface area (Å²) in [5, 5.41) is 4.97. The molecule has 1 fully saturated rings. The van der Waals surface area contributed by atoms with Crippen molar-refractivity contribution in [2.45, 2.75) is 38.8 Å². The minimum atomic E-state index is 0.559. The number of piperidine rings is 1. The highest BCUT2D eigenvalue weighted by Gasteiger charge is 2.20. The molecule has 0 spiro atoms. The predicted molar refractivity (Wildman–Crippen MR) is 80.9 cm³/mol. The molecule has 1 saturated heterocycles. The van der Waals surface area contributed by atoms with Crippen molar-refractivity contribution in [2.75, 3.05) is 6.54 Å². The highest BCUT2D eigenvalue weighted by molar-refractivity contribution is 7.80. The summed E-state index contributed by atoms with van der Waals surface area (Å²) < 4.78 is 0. The van der Waals surface area contributed by atoms with E-state index in [2.05, 4.69) is 17.1 Å². The Bertz CT molecular complexity index is 405. The molecule has 4 heteroatoms. The van der Waals surface area contributed by atoms with Crippen LogP contribution in [0.15, 0.2) is 24.3 Å². The molecule has 1 aromatic carbocycles. The standard InChI is InChI=1S/C14H19ClN2S/c1-11-4-2-3-9-17(11)14(18)16-10-12-5-7-13(15)8-6-12/h5-8,11H,2-4,9-10H2,1H3,(H,16,18). The Balaban J connectivity index is 1.85. The molecule has 1 unspecified atom stereocenters. The first-order valence-corrected chi connectivity index (χ1v) is 7.24. The first-order valence-electron chi connectivity index (χ1n) is 6.46. The first-order chi connectivity index (χ1) is 8.66. The van der Waals surface area contributed by atoms with Gasteiger partial charge >= 0.3 is 0 Å². The lowest BCUT2D eigenvalue weighted by molar-refractivity contribution is 0.255. The second-order valence-electron chi connectivity index (χ2n) is 4.82. The van der Waals surface area contributed by atoms with Crippen LogP contribution in [0.1, 0.15) is 31.7 Å². The lowest BCUT2D eigenvalue weighted by atomic mass is 10.0. The Morgan fingerprint density at radius 1 is 1.39 bits per heavy atom. The highest BCUT2D eigenvalue weighted by atomic mass is 35.5. The molecule has 0 amide bonds. The van der Waals surface area contributed by atoms with Crippen LogP contribution in [0.25, 0.3) is 0 Å². The van der Waals surface area contributed by atoms with E-state index in [9.17, 15) is 0 Å². The van der Waals surface area contributed by atoms with Crippen molar-refractivity contribution in [3.63, 3.8) is 0 Å². The summed E-state index contributed by atoms with van der Waals surface area (Å²) in [6, 6.07) is 8.43. The summed E-state index contributed by atoms with van der Waals surface area (Å²) in [6.07, 6.45) is 3.80. The average Bonchev–Trinajstić information content (AvgIpc) is 2.38. The fourth-order valence-corrected chi connectivity index (χ4v) is 2.75. The largest absolute Gasteiger partial charge is 0.358 e. The topological polar surface area (TPSA) is 15.3 Å². The van der Waals surface area contributed by atoms with Gasteiger partial charge in [-0.15, -0.1) is 0 Å². The van der Waals surface area contributed by atoms with Gasteiger partial charge in [-0.1, -0.05) is 23.7 Å². The molecule has 1 N–H and O–H groups in total. The third-order valence-electron chi connectivity index (χ3n) is 3.42. The summed E-state index contributed by atoms with van der Waals surface area (Å²) in [4.78, 5) is 2.30. The number of hydrogen-bond donors (Lipinski definition) is 1. The van der Waals surface area contributed by atoms with Gasteiger partial charge in [-0.3, -0.25) is 0 Å². The third-order valence-corrected chi connectivity index (χ3v) is 4.05. The van der Waals surface area contributed by atoms with Crippen LogP contribution >= 0.6 is 23.8 Å². The Labute approximate surface area is 119 Å². The van der Waals surface area contributed by atoms with Gasteiger partial charge in [0.25, 0.3) is 0 Å². The van der Waals surface area contributed by atoms with Crippen molar-refractivity contribution >= 4 is 28.9 Å². The van der Waals surface area contributed by atoms with Crippen molar-refractivity contribution in [1.82, 2.24) is 10.2 Å². The van der Waals surface area contributed by atoms with Gasteiger partial charge in [0.15, 0.2) is 5.11 Å². The molecular formula is C14H19ClN2S. The smallest absolute Gasteiger partial charge is 0.169 e. The molecule has 1 heterocycles. The van der Waals surface area contributed by atoms with E-state index in [0.717, 1.165) is 23.2 Å². The molecule has 1 aliphatic rings. The average molecular weight is 283 g/mol. The Morgan fingerprint density at radius 3 is 2.78 bits per heavy atom. The van der Waals surface area contributed by atoms with Crippen LogP contribution in [0.2, 0.25) is 5.02 Å². The van der Waals surface area contributed by atoms with Crippen LogP contribution in [0, 0.1) is 0 Å². The fraction of sp³-hybridized carbons (Fsp3) is 0.500. The summed E-state index contributed by atoms with van der Waals surface area (Å²) >= 11 is 11.3. The molecule has 0 bridgehead atoms. The maximum atomic E-state index is 5.86. The predicted octanol–water partition coefficient (Wildman–Crippen LogP) is 3.59. The lowest BCUT2D eigenvalue weighted by Gasteiger charge is -2.35. The third kappa shape index (κ3) is 3.59. The van der Waals surface area contributed by atoms with Crippen molar-refractivity contribution < 1.29 is 0 Å². The summed E-state index contributed by atoms with van der Waals surface area (Å²) in [5.41, 5.74) is 1.20. The van der Waals surface area contributed by atoms with Crippen molar-refractivity contribution in [3.8, 4) is 0 Å². The second kappa shape index (κ2) is 6.39. The SMILES string of the molecule is CC1CCCCN1C(=S)NCc1ccc(Cl)cc1. The van der Waals surface area contributed by atoms with Gasteiger partial charge in [-0.2, -0.15) is 0 Å². The van der Waals surface area contributed by atoms with Crippen molar-refractivity contribution in [3.05, 3.63) is 34.9 Å². The number of likely N-dealkylation sites (tertiary alicyclic amines) is 1. The maximum Gasteiger partial charge on any atom is 0.169 e. The lowest BCUT2D eigenvalue weighted by Crippen LogP contribution is -2.47. The summed E-state index contributed by atoms with van der Waals surface area (Å²) in [5.74, 6) is 0. The summed E-state index contributed by atoms with van der Waals surface area (Å²) in [6.45, 7) is 4.09. The van der Waals surface area contributed by atoms with Gasteiger partial charge in [0.2, 0.25) is 0 Å². The molecule has 0 saturated carbocycles. The van der Waals surface area contributed by atoms with Crippen LogP contribution in [-0.4, -0.2) is 22.6 Å². The van der Waals surface area contributed by atoms with Crippen molar-refractivity contribution in [1.29, 1.82) is 0 Å². The number of hydrogen-bond acceptors (Lipinski definition) is 1. The highest BCUT2D eigenvalue weighted by Crippen LogP contribution is 2.16. The van der Waals surface area contributed by atoms with Gasteiger partial charge in [0.1, 0.15) is 0 Å². The van der Waals surface area contributed by atoms with Crippen LogP contribution in [0.5, 0.6) is 0 Å². The van der Waals surface area contributed by atoms with E-state index in [1.807, 2.05) is 24.3 Å². The number of nitrogens with zero attached hydrogens (tertiary/aromatic N) is 1. The minimum Gasteiger partial charge on any atom is -0.358 e. The number of benzene rings is 1. The molecule has 0 radical (unpaired) electrons. The van der Waals surface area contributed by atoms with Crippen LogP contribution < -0.4 is 5.32 Å². The van der Waals surface area contributed by atoms with Crippen LogP contribution in [0.4, 0.5) is 0 Å². The van der Waals surface area contributed by atoms with Gasteiger partial charge in [0, 0.05) is 24.2 Å². The number of rotatable bonds is 2. The molecule has 2 rings (SSSR count). The van der Waals surface area contributed by atoms with Gasteiger partial charge < -0.3 is 10.2 Å². The molecule has 0 aromatic heterocycles. The molecule has 1 aliphatic heterocycles. The van der Waals surface area contributed by atoms with E-state index in [4.69, 9.17) is 23.8 Å². The van der Waals surface area contributed by atoms with Gasteiger partial charge in [-0.25, -0.2) is 0 Å². The maximum absolute atomic E-state index is 5.86. The van der Waals surface area contributed by atoms with Crippen LogP contribution in [0.3, 0.4) is 0 Å². The van der Waals surface area contributed by atoms with Gasteiger partial charge in [0.05, 0.1) is 0 Å². The first kappa shape index (κ1) is 13.6. The zero-order chi connectivity index (χ0) is 13.0. The molecular weight excluding hydrogens is 264 g/mol. The van der Waals surface area contributed by atoms with E-state index in [1.165, 1.54) is 24.8 Å². The zero-order valence-corrected chi connectivity index (χ0v) is 12.2. The second-order valence-corrected chi connectivity index (χ2v) is 5.65. The van der Waals surface area contributed by atoms with Gasteiger partial charge in [-0.05, 0) is 56.1 Å². The molecule has 18 heavy (non-hydrogen) atoms. The zero-order valence-electron chi connectivity index (χ0n) is 10.7. The molecule has 1 aromatic rings. The number of nitrogens with one attached hydrogen (secondary N) is 1. The van der Waals surface area contributed by atoms with E-state index >= 15 is 0 Å². The number of halogens is 1. The van der Waals surface area contributed by atoms with Crippen molar-refractivity contribution in [2.24, 2.45) is 0 Å². The molecule has 1 atom stereocenters. The number of thiocarbonyl (C=S) groups is 1.